The van der Waals surface area contributed by atoms with E-state index < -0.39 is 0 Å². The zero-order valence-corrected chi connectivity index (χ0v) is 7.61. The van der Waals surface area contributed by atoms with Crippen LogP contribution in [-0.2, 0) is 0 Å². The monoisotopic (exact) mass is 177 g/mol. The van der Waals surface area contributed by atoms with Gasteiger partial charge in [0, 0.05) is 6.20 Å². The predicted octanol–water partition coefficient (Wildman–Crippen LogP) is 1.23. The van der Waals surface area contributed by atoms with Crippen molar-refractivity contribution >= 4 is 11.5 Å². The number of hydrogen-bond acceptors (Lipinski definition) is 3. The molecule has 0 aliphatic heterocycles. The zero-order valence-electron chi connectivity index (χ0n) is 7.61. The minimum atomic E-state index is 0.661. The highest BCUT2D eigenvalue weighted by atomic mass is 16.5. The first-order valence-corrected chi connectivity index (χ1v) is 4.01. The van der Waals surface area contributed by atoms with Crippen molar-refractivity contribution in [3.05, 3.63) is 24.0 Å². The molecule has 2 rings (SSSR count). The van der Waals surface area contributed by atoms with Gasteiger partial charge in [-0.1, -0.05) is 0 Å². The van der Waals surface area contributed by atoms with Crippen molar-refractivity contribution in [2.45, 2.75) is 6.92 Å². The van der Waals surface area contributed by atoms with Gasteiger partial charge in [0.2, 0.25) is 0 Å². The molecule has 0 amide bonds. The molecule has 2 N–H and O–H groups in total. The largest absolute Gasteiger partial charge is 0.493 e. The number of ether oxygens (including phenoxy) is 1. The fourth-order valence-corrected chi connectivity index (χ4v) is 1.33. The number of aryl methyl sites for hydroxylation is 1. The number of rotatable bonds is 1. The second kappa shape index (κ2) is 2.65. The molecule has 68 valence electrons. The molecular weight excluding hydrogens is 166 g/mol. The molecule has 0 aliphatic rings. The fraction of sp³-hybridized carbons (Fsp3) is 0.222. The summed E-state index contributed by atoms with van der Waals surface area (Å²) in [5.74, 6) is 1.40. The van der Waals surface area contributed by atoms with E-state index in [1.807, 2.05) is 29.7 Å². The van der Waals surface area contributed by atoms with Crippen LogP contribution in [0.2, 0.25) is 0 Å². The van der Waals surface area contributed by atoms with Gasteiger partial charge < -0.3 is 10.5 Å². The molecule has 0 atom stereocenters. The van der Waals surface area contributed by atoms with E-state index >= 15 is 0 Å². The molecule has 0 aromatic carbocycles. The summed E-state index contributed by atoms with van der Waals surface area (Å²) in [4.78, 5) is 4.30. The first-order valence-electron chi connectivity index (χ1n) is 4.01. The summed E-state index contributed by atoms with van der Waals surface area (Å²) < 4.78 is 6.97. The molecule has 0 unspecified atom stereocenters. The van der Waals surface area contributed by atoms with Gasteiger partial charge >= 0.3 is 0 Å². The van der Waals surface area contributed by atoms with E-state index in [0.717, 1.165) is 17.1 Å². The molecule has 4 nitrogen and oxygen atoms in total. The third-order valence-corrected chi connectivity index (χ3v) is 2.06. The Morgan fingerprint density at radius 2 is 2.31 bits per heavy atom. The number of pyridine rings is 1. The number of fused-ring (bicyclic) bond motifs is 1. The summed E-state index contributed by atoms with van der Waals surface area (Å²) >= 11 is 0. The standard InChI is InChI=1S/C9H11N3O/c1-6-8(10)12-5-3-4-7(13-2)9(12)11-6/h3-5H,10H2,1-2H3. The van der Waals surface area contributed by atoms with E-state index in [1.165, 1.54) is 0 Å². The maximum Gasteiger partial charge on any atom is 0.181 e. The smallest absolute Gasteiger partial charge is 0.181 e. The lowest BCUT2D eigenvalue weighted by atomic mass is 10.4. The minimum Gasteiger partial charge on any atom is -0.493 e. The summed E-state index contributed by atoms with van der Waals surface area (Å²) in [5, 5.41) is 0. The second-order valence-corrected chi connectivity index (χ2v) is 2.85. The first-order chi connectivity index (χ1) is 6.24. The van der Waals surface area contributed by atoms with E-state index in [1.54, 1.807) is 7.11 Å². The number of nitrogens with zero attached hydrogens (tertiary/aromatic N) is 2. The quantitative estimate of drug-likeness (QED) is 0.712. The summed E-state index contributed by atoms with van der Waals surface area (Å²) in [6.45, 7) is 1.88. The molecule has 0 saturated heterocycles. The maximum absolute atomic E-state index is 5.81. The van der Waals surface area contributed by atoms with Gasteiger partial charge in [-0.2, -0.15) is 0 Å². The van der Waals surface area contributed by atoms with Crippen LogP contribution in [0.1, 0.15) is 5.69 Å². The van der Waals surface area contributed by atoms with Gasteiger partial charge in [-0.3, -0.25) is 4.40 Å². The van der Waals surface area contributed by atoms with E-state index in [2.05, 4.69) is 4.98 Å². The van der Waals surface area contributed by atoms with Crippen molar-refractivity contribution < 1.29 is 4.74 Å². The van der Waals surface area contributed by atoms with Gasteiger partial charge in [0.15, 0.2) is 11.4 Å². The zero-order chi connectivity index (χ0) is 9.42. The Bertz CT molecular complexity index is 447. The second-order valence-electron chi connectivity index (χ2n) is 2.85. The van der Waals surface area contributed by atoms with Crippen LogP contribution >= 0.6 is 0 Å². The van der Waals surface area contributed by atoms with Crippen LogP contribution in [0.5, 0.6) is 5.75 Å². The number of methoxy groups -OCH3 is 1. The van der Waals surface area contributed by atoms with Crippen molar-refractivity contribution in [1.29, 1.82) is 0 Å². The molecular formula is C9H11N3O. The Labute approximate surface area is 76.0 Å². The van der Waals surface area contributed by atoms with Crippen molar-refractivity contribution in [3.63, 3.8) is 0 Å². The van der Waals surface area contributed by atoms with Crippen LogP contribution in [0, 0.1) is 6.92 Å². The van der Waals surface area contributed by atoms with Crippen molar-refractivity contribution in [1.82, 2.24) is 9.38 Å². The SMILES string of the molecule is COc1cccn2c(N)c(C)nc12. The predicted molar refractivity (Wildman–Crippen MR) is 50.9 cm³/mol. The van der Waals surface area contributed by atoms with Gasteiger partial charge in [0.1, 0.15) is 5.82 Å². The van der Waals surface area contributed by atoms with Gasteiger partial charge in [-0.15, -0.1) is 0 Å². The Balaban J connectivity index is 2.84. The lowest BCUT2D eigenvalue weighted by molar-refractivity contribution is 0.417. The number of nitrogen functional groups attached to an aromatic ring is 1. The number of nitrogens with two attached hydrogens (primary N) is 1. The molecule has 0 fully saturated rings. The lowest BCUT2D eigenvalue weighted by Gasteiger charge is -2.01. The van der Waals surface area contributed by atoms with Crippen LogP contribution in [0.3, 0.4) is 0 Å². The summed E-state index contributed by atoms with van der Waals surface area (Å²) in [5.41, 5.74) is 7.39. The van der Waals surface area contributed by atoms with Crippen molar-refractivity contribution in [3.8, 4) is 5.75 Å². The lowest BCUT2D eigenvalue weighted by Crippen LogP contribution is -1.94. The van der Waals surface area contributed by atoms with Crippen LogP contribution in [0.25, 0.3) is 5.65 Å². The summed E-state index contributed by atoms with van der Waals surface area (Å²) in [6.07, 6.45) is 1.87. The van der Waals surface area contributed by atoms with Crippen LogP contribution in [0.15, 0.2) is 18.3 Å². The average molecular weight is 177 g/mol. The Morgan fingerprint density at radius 1 is 1.54 bits per heavy atom. The van der Waals surface area contributed by atoms with E-state index in [-0.39, 0.29) is 0 Å². The van der Waals surface area contributed by atoms with Gasteiger partial charge in [0.25, 0.3) is 0 Å². The van der Waals surface area contributed by atoms with Crippen LogP contribution in [-0.4, -0.2) is 16.5 Å². The number of imidazole rings is 1. The Hall–Kier alpha value is -1.71. The third-order valence-electron chi connectivity index (χ3n) is 2.06. The van der Waals surface area contributed by atoms with Crippen LogP contribution in [0.4, 0.5) is 5.82 Å². The first kappa shape index (κ1) is 7.91. The molecule has 0 spiro atoms. The van der Waals surface area contributed by atoms with Crippen LogP contribution < -0.4 is 10.5 Å². The summed E-state index contributed by atoms with van der Waals surface area (Å²) in [7, 11) is 1.62. The molecule has 0 aliphatic carbocycles. The van der Waals surface area contributed by atoms with Crippen molar-refractivity contribution in [2.75, 3.05) is 12.8 Å². The normalized spacial score (nSPS) is 10.6. The highest BCUT2D eigenvalue weighted by molar-refractivity contribution is 5.60. The average Bonchev–Trinajstić information content (AvgIpc) is 2.43. The summed E-state index contributed by atoms with van der Waals surface area (Å²) in [6, 6.07) is 3.74. The molecule has 13 heavy (non-hydrogen) atoms. The molecule has 0 bridgehead atoms. The number of anilines is 1. The van der Waals surface area contributed by atoms with E-state index in [4.69, 9.17) is 10.5 Å². The molecule has 4 heteroatoms. The Morgan fingerprint density at radius 3 is 3.00 bits per heavy atom. The highest BCUT2D eigenvalue weighted by Crippen LogP contribution is 2.22. The fourth-order valence-electron chi connectivity index (χ4n) is 1.33. The highest BCUT2D eigenvalue weighted by Gasteiger charge is 2.08. The van der Waals surface area contributed by atoms with Gasteiger partial charge in [0.05, 0.1) is 12.8 Å². The molecule has 0 saturated carbocycles. The molecule has 2 heterocycles. The number of hydrogen-bond donors (Lipinski definition) is 1. The van der Waals surface area contributed by atoms with E-state index in [9.17, 15) is 0 Å². The van der Waals surface area contributed by atoms with Crippen molar-refractivity contribution in [2.24, 2.45) is 0 Å². The number of aromatic nitrogens is 2. The Kier molecular flexibility index (Phi) is 1.62. The van der Waals surface area contributed by atoms with E-state index in [0.29, 0.717) is 5.82 Å². The topological polar surface area (TPSA) is 52.5 Å². The molecule has 0 radical (unpaired) electrons. The molecule has 2 aromatic heterocycles. The third kappa shape index (κ3) is 1.02. The van der Waals surface area contributed by atoms with Gasteiger partial charge in [-0.05, 0) is 19.1 Å². The van der Waals surface area contributed by atoms with Gasteiger partial charge in [-0.25, -0.2) is 4.98 Å². The minimum absolute atomic E-state index is 0.661. The maximum atomic E-state index is 5.81. The molecule has 2 aromatic rings.